The van der Waals surface area contributed by atoms with E-state index in [9.17, 15) is 0 Å². The van der Waals surface area contributed by atoms with E-state index in [0.29, 0.717) is 11.2 Å². The number of fused-ring (bicyclic) bond motifs is 3. The number of hydrogen-bond acceptors (Lipinski definition) is 3. The normalized spacial score (nSPS) is 17.2. The monoisotopic (exact) mass is 248 g/mol. The third kappa shape index (κ3) is 1.60. The molecule has 2 aromatic heterocycles. The largest absolute Gasteiger partial charge is 0.360 e. The average molecular weight is 249 g/mol. The predicted molar refractivity (Wildman–Crippen MR) is 67.6 cm³/mol. The van der Waals surface area contributed by atoms with Gasteiger partial charge in [0.05, 0.1) is 6.04 Å². The van der Waals surface area contributed by atoms with Gasteiger partial charge in [-0.25, -0.2) is 9.97 Å². The van der Waals surface area contributed by atoms with Gasteiger partial charge in [0.1, 0.15) is 12.0 Å². The fraction of sp³-hybridized carbons (Fsp3) is 0.333. The molecule has 0 spiro atoms. The molecule has 0 aromatic carbocycles. The maximum Gasteiger partial charge on any atom is 0.158 e. The second-order valence-corrected chi connectivity index (χ2v) is 4.51. The van der Waals surface area contributed by atoms with Crippen LogP contribution in [0.4, 0.5) is 5.82 Å². The lowest BCUT2D eigenvalue weighted by atomic mass is 10.1. The molecule has 1 aliphatic rings. The molecule has 5 heteroatoms. The smallest absolute Gasteiger partial charge is 0.158 e. The first-order valence-electron chi connectivity index (χ1n) is 5.76. The van der Waals surface area contributed by atoms with E-state index in [-0.39, 0.29) is 0 Å². The Balaban J connectivity index is 2.16. The maximum absolute atomic E-state index is 6.14. The van der Waals surface area contributed by atoms with Gasteiger partial charge in [-0.3, -0.25) is 0 Å². The summed E-state index contributed by atoms with van der Waals surface area (Å²) in [5, 5.41) is 3.91. The van der Waals surface area contributed by atoms with Gasteiger partial charge in [0.15, 0.2) is 11.0 Å². The lowest BCUT2D eigenvalue weighted by Gasteiger charge is -2.28. The molecule has 3 rings (SSSR count). The van der Waals surface area contributed by atoms with Crippen molar-refractivity contribution in [3.05, 3.63) is 35.5 Å². The lowest BCUT2D eigenvalue weighted by molar-refractivity contribution is 0.630. The molecule has 17 heavy (non-hydrogen) atoms. The van der Waals surface area contributed by atoms with Crippen LogP contribution in [-0.4, -0.2) is 14.5 Å². The third-order valence-electron chi connectivity index (χ3n) is 3.04. The SMILES string of the molecule is CCCC1Nc2ncnc(Cl)c2-n2cccc21. The van der Waals surface area contributed by atoms with Crippen LogP contribution >= 0.6 is 11.6 Å². The van der Waals surface area contributed by atoms with Crippen molar-refractivity contribution in [3.8, 4) is 5.69 Å². The zero-order valence-electron chi connectivity index (χ0n) is 9.52. The molecule has 0 bridgehead atoms. The quantitative estimate of drug-likeness (QED) is 0.830. The molecule has 0 amide bonds. The summed E-state index contributed by atoms with van der Waals surface area (Å²) >= 11 is 6.14. The van der Waals surface area contributed by atoms with Crippen LogP contribution in [0.5, 0.6) is 0 Å². The fourth-order valence-corrected chi connectivity index (χ4v) is 2.53. The van der Waals surface area contributed by atoms with Crippen molar-refractivity contribution in [1.82, 2.24) is 14.5 Å². The standard InChI is InChI=1S/C12H13ClN4/c1-2-4-8-9-5-3-6-17(9)10-11(13)14-7-15-12(10)16-8/h3,5-8H,2,4H2,1H3,(H,14,15,16). The van der Waals surface area contributed by atoms with Crippen LogP contribution in [-0.2, 0) is 0 Å². The Morgan fingerprint density at radius 2 is 2.35 bits per heavy atom. The molecule has 0 fully saturated rings. The van der Waals surface area contributed by atoms with Gasteiger partial charge in [0, 0.05) is 11.9 Å². The highest BCUT2D eigenvalue weighted by atomic mass is 35.5. The zero-order chi connectivity index (χ0) is 11.8. The van der Waals surface area contributed by atoms with Crippen molar-refractivity contribution in [3.63, 3.8) is 0 Å². The van der Waals surface area contributed by atoms with Crippen molar-refractivity contribution in [2.24, 2.45) is 0 Å². The highest BCUT2D eigenvalue weighted by Crippen LogP contribution is 2.36. The van der Waals surface area contributed by atoms with E-state index in [1.807, 2.05) is 12.3 Å². The molecule has 0 radical (unpaired) electrons. The highest BCUT2D eigenvalue weighted by molar-refractivity contribution is 6.31. The lowest BCUT2D eigenvalue weighted by Crippen LogP contribution is -2.22. The highest BCUT2D eigenvalue weighted by Gasteiger charge is 2.25. The molecule has 0 saturated carbocycles. The van der Waals surface area contributed by atoms with E-state index in [4.69, 9.17) is 11.6 Å². The summed E-state index contributed by atoms with van der Waals surface area (Å²) < 4.78 is 2.08. The molecule has 1 atom stereocenters. The molecule has 1 unspecified atom stereocenters. The van der Waals surface area contributed by atoms with Gasteiger partial charge in [-0.1, -0.05) is 24.9 Å². The van der Waals surface area contributed by atoms with E-state index in [1.54, 1.807) is 0 Å². The van der Waals surface area contributed by atoms with Crippen molar-refractivity contribution < 1.29 is 0 Å². The van der Waals surface area contributed by atoms with E-state index in [2.05, 4.69) is 32.8 Å². The molecule has 0 saturated heterocycles. The summed E-state index contributed by atoms with van der Waals surface area (Å²) in [6.45, 7) is 2.18. The van der Waals surface area contributed by atoms with Gasteiger partial charge in [0.25, 0.3) is 0 Å². The first-order chi connectivity index (χ1) is 8.31. The van der Waals surface area contributed by atoms with Gasteiger partial charge >= 0.3 is 0 Å². The van der Waals surface area contributed by atoms with Crippen LogP contribution in [0.1, 0.15) is 31.5 Å². The molecule has 1 N–H and O–H groups in total. The van der Waals surface area contributed by atoms with Crippen molar-refractivity contribution in [2.45, 2.75) is 25.8 Å². The number of nitrogens with one attached hydrogen (secondary N) is 1. The summed E-state index contributed by atoms with van der Waals surface area (Å²) in [6.07, 6.45) is 5.70. The Kier molecular flexibility index (Phi) is 2.52. The Labute approximate surface area is 105 Å². The Hall–Kier alpha value is -1.55. The minimum Gasteiger partial charge on any atom is -0.360 e. The van der Waals surface area contributed by atoms with Gasteiger partial charge in [0.2, 0.25) is 0 Å². The fourth-order valence-electron chi connectivity index (χ4n) is 2.31. The summed E-state index contributed by atoms with van der Waals surface area (Å²) in [6, 6.07) is 4.44. The number of anilines is 1. The Bertz CT molecular complexity index is 549. The Morgan fingerprint density at radius 1 is 1.47 bits per heavy atom. The summed E-state index contributed by atoms with van der Waals surface area (Å²) in [5.41, 5.74) is 2.07. The zero-order valence-corrected chi connectivity index (χ0v) is 10.3. The maximum atomic E-state index is 6.14. The number of halogens is 1. The molecule has 1 aliphatic heterocycles. The van der Waals surface area contributed by atoms with Crippen molar-refractivity contribution in [2.75, 3.05) is 5.32 Å². The topological polar surface area (TPSA) is 42.7 Å². The second kappa shape index (κ2) is 4.04. The minimum absolute atomic E-state index is 0.300. The molecule has 88 valence electrons. The number of aromatic nitrogens is 3. The van der Waals surface area contributed by atoms with Gasteiger partial charge < -0.3 is 9.88 Å². The van der Waals surface area contributed by atoms with Gasteiger partial charge in [-0.2, -0.15) is 0 Å². The second-order valence-electron chi connectivity index (χ2n) is 4.15. The number of hydrogen-bond donors (Lipinski definition) is 1. The van der Waals surface area contributed by atoms with Crippen LogP contribution in [0, 0.1) is 0 Å². The first kappa shape index (κ1) is 10.6. The minimum atomic E-state index is 0.300. The molecule has 4 nitrogen and oxygen atoms in total. The van der Waals surface area contributed by atoms with Crippen LogP contribution in [0.2, 0.25) is 5.15 Å². The van der Waals surface area contributed by atoms with Crippen LogP contribution in [0.15, 0.2) is 24.7 Å². The van der Waals surface area contributed by atoms with Crippen LogP contribution in [0.3, 0.4) is 0 Å². The summed E-state index contributed by atoms with van der Waals surface area (Å²) in [5.74, 6) is 0.812. The molecular formula is C12H13ClN4. The predicted octanol–water partition coefficient (Wildman–Crippen LogP) is 3.19. The average Bonchev–Trinajstić information content (AvgIpc) is 2.78. The van der Waals surface area contributed by atoms with Crippen LogP contribution < -0.4 is 5.32 Å². The van der Waals surface area contributed by atoms with Gasteiger partial charge in [-0.05, 0) is 18.6 Å². The Morgan fingerprint density at radius 3 is 3.18 bits per heavy atom. The first-order valence-corrected chi connectivity index (χ1v) is 6.13. The number of nitrogens with zero attached hydrogens (tertiary/aromatic N) is 3. The van der Waals surface area contributed by atoms with E-state index in [0.717, 1.165) is 24.3 Å². The van der Waals surface area contributed by atoms with Crippen molar-refractivity contribution >= 4 is 17.4 Å². The van der Waals surface area contributed by atoms with Gasteiger partial charge in [-0.15, -0.1) is 0 Å². The molecule has 2 aromatic rings. The number of rotatable bonds is 2. The van der Waals surface area contributed by atoms with Crippen molar-refractivity contribution in [1.29, 1.82) is 0 Å². The van der Waals surface area contributed by atoms with E-state index in [1.165, 1.54) is 12.0 Å². The third-order valence-corrected chi connectivity index (χ3v) is 3.32. The van der Waals surface area contributed by atoms with Crippen LogP contribution in [0.25, 0.3) is 5.69 Å². The molecule has 3 heterocycles. The van der Waals surface area contributed by atoms with E-state index < -0.39 is 0 Å². The molecular weight excluding hydrogens is 236 g/mol. The summed E-state index contributed by atoms with van der Waals surface area (Å²) in [7, 11) is 0. The molecule has 0 aliphatic carbocycles. The van der Waals surface area contributed by atoms with E-state index >= 15 is 0 Å². The summed E-state index contributed by atoms with van der Waals surface area (Å²) in [4.78, 5) is 8.30.